The van der Waals surface area contributed by atoms with Gasteiger partial charge in [-0.25, -0.2) is 0 Å². The van der Waals surface area contributed by atoms with Gasteiger partial charge in [0.25, 0.3) is 5.91 Å². The Labute approximate surface area is 164 Å². The fourth-order valence-electron chi connectivity index (χ4n) is 2.81. The van der Waals surface area contributed by atoms with Gasteiger partial charge >= 0.3 is 0 Å². The Morgan fingerprint density at radius 2 is 1.59 bits per heavy atom. The molecule has 0 heterocycles. The molecule has 0 aromatic heterocycles. The molecule has 0 saturated heterocycles. The van der Waals surface area contributed by atoms with Crippen LogP contribution in [0.5, 0.6) is 0 Å². The molecule has 4 heteroatoms. The maximum Gasteiger partial charge on any atom is 0.256 e. The third kappa shape index (κ3) is 5.00. The van der Waals surface area contributed by atoms with E-state index in [0.29, 0.717) is 12.1 Å². The highest BCUT2D eigenvalue weighted by molar-refractivity contribution is 7.99. The molecule has 0 aliphatic carbocycles. The zero-order valence-corrected chi connectivity index (χ0v) is 16.3. The third-order valence-corrected chi connectivity index (χ3v) is 5.43. The SMILES string of the molecule is Cc1ccc(Sc2ccccc2C(O)C(=O)N(C)Cc2ccccc2)cc1. The summed E-state index contributed by atoms with van der Waals surface area (Å²) in [5, 5.41) is 10.7. The second-order valence-electron chi connectivity index (χ2n) is 6.54. The van der Waals surface area contributed by atoms with Crippen LogP contribution in [0.3, 0.4) is 0 Å². The van der Waals surface area contributed by atoms with Crippen molar-refractivity contribution in [3.05, 3.63) is 95.6 Å². The van der Waals surface area contributed by atoms with Crippen LogP contribution in [0.15, 0.2) is 88.7 Å². The Kier molecular flexibility index (Phi) is 6.32. The molecule has 1 atom stereocenters. The molecular weight excluding hydrogens is 354 g/mol. The number of aliphatic hydroxyl groups excluding tert-OH is 1. The van der Waals surface area contributed by atoms with Crippen LogP contribution in [0.4, 0.5) is 0 Å². The Morgan fingerprint density at radius 3 is 2.30 bits per heavy atom. The molecule has 1 unspecified atom stereocenters. The predicted octanol–water partition coefficient (Wildman–Crippen LogP) is 4.84. The number of aryl methyl sites for hydroxylation is 1. The molecule has 0 aliphatic heterocycles. The summed E-state index contributed by atoms with van der Waals surface area (Å²) in [6.07, 6.45) is -1.19. The van der Waals surface area contributed by atoms with Gasteiger partial charge in [-0.05, 0) is 30.7 Å². The highest BCUT2D eigenvalue weighted by Gasteiger charge is 2.24. The van der Waals surface area contributed by atoms with Gasteiger partial charge in [0.2, 0.25) is 0 Å². The lowest BCUT2D eigenvalue weighted by molar-refractivity contribution is -0.139. The van der Waals surface area contributed by atoms with Crippen molar-refractivity contribution >= 4 is 17.7 Å². The maximum atomic E-state index is 12.8. The van der Waals surface area contributed by atoms with Crippen molar-refractivity contribution in [2.24, 2.45) is 0 Å². The Morgan fingerprint density at radius 1 is 0.963 bits per heavy atom. The van der Waals surface area contributed by atoms with E-state index in [1.165, 1.54) is 5.56 Å². The van der Waals surface area contributed by atoms with Crippen LogP contribution in [0.1, 0.15) is 22.8 Å². The molecule has 3 rings (SSSR count). The van der Waals surface area contributed by atoms with E-state index in [0.717, 1.165) is 15.4 Å². The average molecular weight is 378 g/mol. The lowest BCUT2D eigenvalue weighted by Gasteiger charge is -2.22. The number of likely N-dealkylation sites (N-methyl/N-ethyl adjacent to an activating group) is 1. The van der Waals surface area contributed by atoms with Crippen molar-refractivity contribution in [1.82, 2.24) is 4.90 Å². The summed E-state index contributed by atoms with van der Waals surface area (Å²) in [5.41, 5.74) is 2.86. The van der Waals surface area contributed by atoms with Gasteiger partial charge in [-0.2, -0.15) is 0 Å². The van der Waals surface area contributed by atoms with Gasteiger partial charge in [0.1, 0.15) is 0 Å². The van der Waals surface area contributed by atoms with Crippen LogP contribution >= 0.6 is 11.8 Å². The molecule has 1 amide bonds. The highest BCUT2D eigenvalue weighted by Crippen LogP contribution is 2.34. The van der Waals surface area contributed by atoms with Gasteiger partial charge in [-0.1, -0.05) is 78.0 Å². The van der Waals surface area contributed by atoms with Gasteiger partial charge in [0, 0.05) is 28.9 Å². The number of aliphatic hydroxyl groups is 1. The number of hydrogen-bond acceptors (Lipinski definition) is 3. The van der Waals surface area contributed by atoms with E-state index >= 15 is 0 Å². The van der Waals surface area contributed by atoms with Crippen molar-refractivity contribution in [1.29, 1.82) is 0 Å². The largest absolute Gasteiger partial charge is 0.378 e. The fourth-order valence-corrected chi connectivity index (χ4v) is 3.78. The molecule has 0 spiro atoms. The van der Waals surface area contributed by atoms with E-state index in [4.69, 9.17) is 0 Å². The number of rotatable bonds is 6. The summed E-state index contributed by atoms with van der Waals surface area (Å²) in [5.74, 6) is -0.309. The van der Waals surface area contributed by atoms with E-state index in [1.54, 1.807) is 23.7 Å². The Hall–Kier alpha value is -2.56. The van der Waals surface area contributed by atoms with Crippen LogP contribution in [0.2, 0.25) is 0 Å². The minimum absolute atomic E-state index is 0.309. The first kappa shape index (κ1) is 19.2. The number of carbonyl (C=O) groups excluding carboxylic acids is 1. The molecule has 0 saturated carbocycles. The summed E-state index contributed by atoms with van der Waals surface area (Å²) in [4.78, 5) is 16.3. The molecule has 0 aliphatic rings. The molecule has 0 radical (unpaired) electrons. The van der Waals surface area contributed by atoms with Crippen molar-refractivity contribution in [3.8, 4) is 0 Å². The van der Waals surface area contributed by atoms with Crippen LogP contribution < -0.4 is 0 Å². The smallest absolute Gasteiger partial charge is 0.256 e. The zero-order chi connectivity index (χ0) is 19.2. The fraction of sp³-hybridized carbons (Fsp3) is 0.174. The summed E-state index contributed by atoms with van der Waals surface area (Å²) in [7, 11) is 1.72. The first-order valence-corrected chi connectivity index (χ1v) is 9.66. The molecule has 3 aromatic rings. The normalized spacial score (nSPS) is 11.8. The lowest BCUT2D eigenvalue weighted by atomic mass is 10.1. The molecule has 27 heavy (non-hydrogen) atoms. The lowest BCUT2D eigenvalue weighted by Crippen LogP contribution is -2.31. The van der Waals surface area contributed by atoms with E-state index < -0.39 is 6.10 Å². The van der Waals surface area contributed by atoms with Gasteiger partial charge in [-0.3, -0.25) is 4.79 Å². The molecule has 0 bridgehead atoms. The van der Waals surface area contributed by atoms with Crippen molar-refractivity contribution < 1.29 is 9.90 Å². The minimum Gasteiger partial charge on any atom is -0.378 e. The third-order valence-electron chi connectivity index (χ3n) is 4.34. The summed E-state index contributed by atoms with van der Waals surface area (Å²) < 4.78 is 0. The molecule has 138 valence electrons. The van der Waals surface area contributed by atoms with Crippen molar-refractivity contribution in [2.45, 2.75) is 29.4 Å². The summed E-state index contributed by atoms with van der Waals surface area (Å²) in [6.45, 7) is 2.51. The second-order valence-corrected chi connectivity index (χ2v) is 7.65. The van der Waals surface area contributed by atoms with Crippen LogP contribution in [-0.4, -0.2) is 23.0 Å². The second kappa shape index (κ2) is 8.89. The van der Waals surface area contributed by atoms with Gasteiger partial charge in [-0.15, -0.1) is 0 Å². The molecule has 3 nitrogen and oxygen atoms in total. The molecule has 0 fully saturated rings. The van der Waals surface area contributed by atoms with Gasteiger partial charge in [0.05, 0.1) is 0 Å². The Balaban J connectivity index is 1.76. The minimum atomic E-state index is -1.19. The number of carbonyl (C=O) groups is 1. The van der Waals surface area contributed by atoms with E-state index in [1.807, 2.05) is 73.7 Å². The Bertz CT molecular complexity index is 894. The summed E-state index contributed by atoms with van der Waals surface area (Å²) in [6, 6.07) is 25.5. The number of amides is 1. The predicted molar refractivity (Wildman–Crippen MR) is 110 cm³/mol. The zero-order valence-electron chi connectivity index (χ0n) is 15.5. The molecule has 3 aromatic carbocycles. The first-order chi connectivity index (χ1) is 13.0. The van der Waals surface area contributed by atoms with Crippen molar-refractivity contribution in [2.75, 3.05) is 7.05 Å². The van der Waals surface area contributed by atoms with Gasteiger partial charge in [0.15, 0.2) is 6.10 Å². The highest BCUT2D eigenvalue weighted by atomic mass is 32.2. The standard InChI is InChI=1S/C23H23NO2S/c1-17-12-14-19(15-13-17)27-21-11-7-6-10-20(21)22(25)23(26)24(2)16-18-8-4-3-5-9-18/h3-15,22,25H,16H2,1-2H3. The van der Waals surface area contributed by atoms with Gasteiger partial charge < -0.3 is 10.0 Å². The molecule has 1 N–H and O–H groups in total. The topological polar surface area (TPSA) is 40.5 Å². The van der Waals surface area contributed by atoms with Crippen molar-refractivity contribution in [3.63, 3.8) is 0 Å². The van der Waals surface area contributed by atoms with E-state index in [-0.39, 0.29) is 5.91 Å². The number of nitrogens with zero attached hydrogens (tertiary/aromatic N) is 1. The maximum absolute atomic E-state index is 12.8. The monoisotopic (exact) mass is 377 g/mol. The van der Waals surface area contributed by atoms with Crippen LogP contribution in [-0.2, 0) is 11.3 Å². The van der Waals surface area contributed by atoms with Crippen LogP contribution in [0.25, 0.3) is 0 Å². The first-order valence-electron chi connectivity index (χ1n) is 8.85. The van der Waals surface area contributed by atoms with Crippen LogP contribution in [0, 0.1) is 6.92 Å². The van der Waals surface area contributed by atoms with E-state index in [2.05, 4.69) is 12.1 Å². The number of benzene rings is 3. The molecular formula is C23H23NO2S. The van der Waals surface area contributed by atoms with E-state index in [9.17, 15) is 9.90 Å². The number of hydrogen-bond donors (Lipinski definition) is 1. The quantitative estimate of drug-likeness (QED) is 0.668. The summed E-state index contributed by atoms with van der Waals surface area (Å²) >= 11 is 1.55. The average Bonchev–Trinajstić information content (AvgIpc) is 2.70.